The minimum atomic E-state index is -9.86. The van der Waals surface area contributed by atoms with Gasteiger partial charge in [-0.2, -0.15) is 5.10 Å². The van der Waals surface area contributed by atoms with Crippen molar-refractivity contribution in [3.63, 3.8) is 0 Å². The number of carbonyl (C=O) groups excluding carboxylic acids is 2. The highest BCUT2D eigenvalue weighted by Gasteiger charge is 2.65. The van der Waals surface area contributed by atoms with Gasteiger partial charge in [-0.05, 0) is 35.9 Å². The number of aromatic nitrogens is 2. The average Bonchev–Trinajstić information content (AvgIpc) is 3.12. The van der Waals surface area contributed by atoms with E-state index in [0.717, 1.165) is 12.1 Å². The molecule has 0 unspecified atom stereocenters. The number of rotatable bonds is 7. The second kappa shape index (κ2) is 7.27. The van der Waals surface area contributed by atoms with Crippen molar-refractivity contribution in [2.75, 3.05) is 16.0 Å². The maximum Gasteiger partial charge on any atom is 0.323 e. The van der Waals surface area contributed by atoms with Crippen molar-refractivity contribution in [2.45, 2.75) is 11.4 Å². The van der Waals surface area contributed by atoms with Gasteiger partial charge in [-0.3, -0.25) is 9.89 Å². The fourth-order valence-electron chi connectivity index (χ4n) is 2.59. The van der Waals surface area contributed by atoms with E-state index in [1.807, 2.05) is 0 Å². The zero-order valence-electron chi connectivity index (χ0n) is 15.5. The number of urea groups is 1. The third kappa shape index (κ3) is 5.94. The maximum absolute atomic E-state index is 12.9. The number of nitrogens with one attached hydrogen (secondary N) is 4. The summed E-state index contributed by atoms with van der Waals surface area (Å²) < 4.78 is 64.6. The Kier molecular flexibility index (Phi) is 5.18. The van der Waals surface area contributed by atoms with Crippen LogP contribution in [0, 0.1) is 0 Å². The highest BCUT2D eigenvalue weighted by Crippen LogP contribution is 3.02. The first-order valence-corrected chi connectivity index (χ1v) is 10.5. The van der Waals surface area contributed by atoms with E-state index in [1.165, 1.54) is 12.3 Å². The zero-order valence-corrected chi connectivity index (χ0v) is 16.4. The lowest BCUT2D eigenvalue weighted by Crippen LogP contribution is -2.20. The molecule has 13 heteroatoms. The Balaban J connectivity index is 1.65. The van der Waals surface area contributed by atoms with Gasteiger partial charge in [0.1, 0.15) is 10.6 Å². The first-order chi connectivity index (χ1) is 14.3. The zero-order chi connectivity index (χ0) is 22.8. The molecule has 1 heterocycles. The molecule has 0 aliphatic heterocycles. The number of anilines is 3. The monoisotopic (exact) mass is 461 g/mol. The van der Waals surface area contributed by atoms with E-state index >= 15 is 0 Å². The Morgan fingerprint density at radius 2 is 1.65 bits per heavy atom. The van der Waals surface area contributed by atoms with Crippen molar-refractivity contribution < 1.29 is 29.0 Å². The molecule has 7 nitrogen and oxygen atoms in total. The van der Waals surface area contributed by atoms with Gasteiger partial charge in [0, 0.05) is 17.9 Å². The predicted molar refractivity (Wildman–Crippen MR) is 108 cm³/mol. The summed E-state index contributed by atoms with van der Waals surface area (Å²) in [6.45, 7) is 0.281. The number of amides is 2. The summed E-state index contributed by atoms with van der Waals surface area (Å²) >= 11 is 0. The molecule has 0 aliphatic carbocycles. The molecule has 0 atom stereocenters. The molecular weight excluding hydrogens is 445 g/mol. The third-order valence-corrected chi connectivity index (χ3v) is 5.14. The van der Waals surface area contributed by atoms with Gasteiger partial charge in [0.15, 0.2) is 6.29 Å². The van der Waals surface area contributed by atoms with E-state index in [1.54, 1.807) is 18.2 Å². The Labute approximate surface area is 172 Å². The lowest BCUT2D eigenvalue weighted by atomic mass is 10.2. The van der Waals surface area contributed by atoms with Crippen molar-refractivity contribution in [3.05, 3.63) is 66.0 Å². The Hall–Kier alpha value is -3.61. The number of H-pyrrole nitrogens is 1. The van der Waals surface area contributed by atoms with Gasteiger partial charge in [0.05, 0.1) is 11.9 Å². The fourth-order valence-corrected chi connectivity index (χ4v) is 3.28. The van der Waals surface area contributed by atoms with E-state index in [0.29, 0.717) is 23.2 Å². The summed E-state index contributed by atoms with van der Waals surface area (Å²) in [5.74, 6) is 0. The second-order valence-electron chi connectivity index (χ2n) is 6.45. The van der Waals surface area contributed by atoms with Gasteiger partial charge in [-0.15, -0.1) is 0 Å². The molecule has 166 valence electrons. The molecule has 0 saturated carbocycles. The van der Waals surface area contributed by atoms with Crippen LogP contribution in [0.1, 0.15) is 16.1 Å². The van der Waals surface area contributed by atoms with Gasteiger partial charge in [-0.1, -0.05) is 37.6 Å². The van der Waals surface area contributed by atoms with Gasteiger partial charge >= 0.3 is 16.3 Å². The normalized spacial score (nSPS) is 13.6. The summed E-state index contributed by atoms with van der Waals surface area (Å²) in [4.78, 5) is 20.9. The van der Waals surface area contributed by atoms with Crippen LogP contribution in [-0.4, -0.2) is 22.5 Å². The topological polar surface area (TPSA) is 98.9 Å². The second-order valence-corrected chi connectivity index (χ2v) is 8.85. The number of halogens is 5. The minimum Gasteiger partial charge on any atom is -0.378 e. The van der Waals surface area contributed by atoms with Crippen molar-refractivity contribution >= 4 is 39.6 Å². The minimum absolute atomic E-state index is 0.178. The molecule has 0 aliphatic rings. The molecular formula is C18H16F5N5O2S. The highest BCUT2D eigenvalue weighted by atomic mass is 32.5. The lowest BCUT2D eigenvalue weighted by molar-refractivity contribution is 0.111. The predicted octanol–water partition coefficient (Wildman–Crippen LogP) is 6.14. The molecule has 3 aromatic rings. The van der Waals surface area contributed by atoms with E-state index in [2.05, 4.69) is 26.1 Å². The van der Waals surface area contributed by atoms with Gasteiger partial charge < -0.3 is 16.0 Å². The quantitative estimate of drug-likeness (QED) is 0.251. The molecule has 3 rings (SSSR count). The summed E-state index contributed by atoms with van der Waals surface area (Å²) in [6.07, 6.45) is 2.03. The molecule has 0 spiro atoms. The number of nitrogens with zero attached hydrogens (tertiary/aromatic N) is 1. The molecule has 0 bridgehead atoms. The van der Waals surface area contributed by atoms with Crippen LogP contribution < -0.4 is 16.0 Å². The molecule has 0 fully saturated rings. The van der Waals surface area contributed by atoms with Gasteiger partial charge in [-0.25, -0.2) is 4.79 Å². The van der Waals surface area contributed by atoms with Crippen LogP contribution in [0.15, 0.2) is 59.6 Å². The van der Waals surface area contributed by atoms with E-state index in [9.17, 15) is 29.0 Å². The molecule has 0 radical (unpaired) electrons. The van der Waals surface area contributed by atoms with Crippen LogP contribution >= 0.6 is 10.2 Å². The fraction of sp³-hybridized carbons (Fsp3) is 0.0556. The van der Waals surface area contributed by atoms with E-state index in [-0.39, 0.29) is 24.4 Å². The standard InChI is InChI=1S/C18H16F5N5O2S/c19-31(20,21,22,23)15-6-2-5-14(8-15)27-18(30)26-13-4-1-3-12(7-13)9-24-16-10-25-28-17(16)11-29/h1-8,10-11,24H,9H2,(H,25,28)(H2,26,27,30). The smallest absolute Gasteiger partial charge is 0.323 e. The van der Waals surface area contributed by atoms with Crippen LogP contribution in [0.4, 0.5) is 41.3 Å². The van der Waals surface area contributed by atoms with Crippen LogP contribution in [0.3, 0.4) is 0 Å². The van der Waals surface area contributed by atoms with E-state index < -0.39 is 26.8 Å². The van der Waals surface area contributed by atoms with Crippen LogP contribution in [-0.2, 0) is 6.54 Å². The molecule has 0 saturated heterocycles. The summed E-state index contributed by atoms with van der Waals surface area (Å²) in [5, 5.41) is 13.7. The van der Waals surface area contributed by atoms with Crippen molar-refractivity contribution in [1.82, 2.24) is 10.2 Å². The van der Waals surface area contributed by atoms with Crippen LogP contribution in [0.2, 0.25) is 0 Å². The first-order valence-electron chi connectivity index (χ1n) is 8.57. The van der Waals surface area contributed by atoms with Crippen molar-refractivity contribution in [2.24, 2.45) is 0 Å². The number of hydrogen-bond acceptors (Lipinski definition) is 4. The number of aldehydes is 1. The molecule has 1 aromatic heterocycles. The number of benzene rings is 2. The summed E-state index contributed by atoms with van der Waals surface area (Å²) in [5.41, 5.74) is 1.32. The Bertz CT molecular complexity index is 1130. The molecule has 2 aromatic carbocycles. The Morgan fingerprint density at radius 1 is 1.00 bits per heavy atom. The largest absolute Gasteiger partial charge is 0.378 e. The van der Waals surface area contributed by atoms with Gasteiger partial charge in [0.2, 0.25) is 0 Å². The van der Waals surface area contributed by atoms with E-state index in [4.69, 9.17) is 0 Å². The summed E-state index contributed by atoms with van der Waals surface area (Å²) in [7, 11) is -9.86. The van der Waals surface area contributed by atoms with Crippen molar-refractivity contribution in [3.8, 4) is 0 Å². The maximum atomic E-state index is 12.9. The van der Waals surface area contributed by atoms with Crippen LogP contribution in [0.5, 0.6) is 0 Å². The third-order valence-electron chi connectivity index (χ3n) is 3.99. The number of carbonyl (C=O) groups is 2. The Morgan fingerprint density at radius 3 is 2.29 bits per heavy atom. The molecule has 4 N–H and O–H groups in total. The lowest BCUT2D eigenvalue weighted by Gasteiger charge is -2.40. The van der Waals surface area contributed by atoms with Gasteiger partial charge in [0.25, 0.3) is 0 Å². The first kappa shape index (κ1) is 22.1. The van der Waals surface area contributed by atoms with Crippen molar-refractivity contribution in [1.29, 1.82) is 0 Å². The number of hydrogen-bond donors (Lipinski definition) is 4. The SMILES string of the molecule is O=Cc1[nH]ncc1NCc1cccc(NC(=O)Nc2cccc(S(F)(F)(F)(F)F)c2)c1. The van der Waals surface area contributed by atoms with Crippen LogP contribution in [0.25, 0.3) is 0 Å². The highest BCUT2D eigenvalue weighted by molar-refractivity contribution is 8.45. The number of aromatic amines is 1. The molecule has 31 heavy (non-hydrogen) atoms. The summed E-state index contributed by atoms with van der Waals surface area (Å²) in [6, 6.07) is 7.81. The average molecular weight is 461 g/mol. The molecule has 2 amide bonds.